The topological polar surface area (TPSA) is 84.3 Å². The number of nitrogens with one attached hydrogen (secondary N) is 1. The van der Waals surface area contributed by atoms with E-state index in [-0.39, 0.29) is 12.2 Å². The number of hydrogen-bond donors (Lipinski definition) is 2. The SMILES string of the molecule is COc1ccc(C(CC(=O)O)c2nc(CCCc3ccc4c(n3)NCCC4)cs2)cc1F. The van der Waals surface area contributed by atoms with E-state index in [1.165, 1.54) is 36.1 Å². The van der Waals surface area contributed by atoms with Gasteiger partial charge in [0.05, 0.1) is 19.2 Å². The fourth-order valence-corrected chi connectivity index (χ4v) is 4.96. The summed E-state index contributed by atoms with van der Waals surface area (Å²) in [4.78, 5) is 20.9. The lowest BCUT2D eigenvalue weighted by atomic mass is 9.96. The third kappa shape index (κ3) is 5.24. The number of thiazole rings is 1. The number of rotatable bonds is 9. The molecule has 1 unspecified atom stereocenters. The van der Waals surface area contributed by atoms with E-state index in [9.17, 15) is 14.3 Å². The van der Waals surface area contributed by atoms with Gasteiger partial charge in [0.15, 0.2) is 11.6 Å². The standard InChI is InChI=1S/C24H26FN3O3S/c1-31-21-10-8-16(12-20(21)25)19(13-22(29)30)24-28-18(14-32-24)6-2-5-17-9-7-15-4-3-11-26-23(15)27-17/h7-10,12,14,19H,2-6,11,13H2,1H3,(H,26,27)(H,29,30). The highest BCUT2D eigenvalue weighted by molar-refractivity contribution is 7.09. The normalized spacial score (nSPS) is 13.8. The monoisotopic (exact) mass is 455 g/mol. The molecule has 0 saturated heterocycles. The van der Waals surface area contributed by atoms with Crippen LogP contribution in [0.1, 0.15) is 52.7 Å². The lowest BCUT2D eigenvalue weighted by Gasteiger charge is -2.17. The maximum atomic E-state index is 14.2. The first-order chi connectivity index (χ1) is 15.5. The number of aliphatic carboxylic acids is 1. The molecule has 0 aliphatic carbocycles. The molecule has 2 aromatic heterocycles. The first-order valence-corrected chi connectivity index (χ1v) is 11.6. The quantitative estimate of drug-likeness (QED) is 0.481. The van der Waals surface area contributed by atoms with Crippen LogP contribution in [-0.2, 0) is 24.1 Å². The number of carbonyl (C=O) groups is 1. The van der Waals surface area contributed by atoms with E-state index in [0.717, 1.165) is 55.9 Å². The third-order valence-electron chi connectivity index (χ3n) is 5.64. The summed E-state index contributed by atoms with van der Waals surface area (Å²) in [6.07, 6.45) is 4.60. The Kier molecular flexibility index (Phi) is 6.99. The zero-order valence-electron chi connectivity index (χ0n) is 17.9. The number of anilines is 1. The summed E-state index contributed by atoms with van der Waals surface area (Å²) in [6.45, 7) is 0.973. The van der Waals surface area contributed by atoms with Gasteiger partial charge in [-0.15, -0.1) is 11.3 Å². The van der Waals surface area contributed by atoms with E-state index in [2.05, 4.69) is 22.4 Å². The number of hydrogen-bond acceptors (Lipinski definition) is 6. The molecule has 2 N–H and O–H groups in total. The van der Waals surface area contributed by atoms with Crippen LogP contribution in [-0.4, -0.2) is 34.7 Å². The first kappa shape index (κ1) is 22.2. The van der Waals surface area contributed by atoms with Crippen molar-refractivity contribution in [1.29, 1.82) is 0 Å². The van der Waals surface area contributed by atoms with Crippen LogP contribution in [0.2, 0.25) is 0 Å². The van der Waals surface area contributed by atoms with Gasteiger partial charge in [-0.3, -0.25) is 4.79 Å². The predicted octanol–water partition coefficient (Wildman–Crippen LogP) is 4.83. The molecule has 1 atom stereocenters. The van der Waals surface area contributed by atoms with Crippen LogP contribution in [0.5, 0.6) is 5.75 Å². The summed E-state index contributed by atoms with van der Waals surface area (Å²) in [6, 6.07) is 8.82. The molecule has 0 spiro atoms. The second kappa shape index (κ2) is 10.1. The van der Waals surface area contributed by atoms with Crippen molar-refractivity contribution in [3.63, 3.8) is 0 Å². The fraction of sp³-hybridized carbons (Fsp3) is 0.375. The summed E-state index contributed by atoms with van der Waals surface area (Å²) in [5.74, 6) is -0.819. The smallest absolute Gasteiger partial charge is 0.304 e. The van der Waals surface area contributed by atoms with Gasteiger partial charge in [-0.05, 0) is 61.4 Å². The molecular weight excluding hydrogens is 429 g/mol. The molecular formula is C24H26FN3O3S. The summed E-state index contributed by atoms with van der Waals surface area (Å²) in [5, 5.41) is 15.4. The highest BCUT2D eigenvalue weighted by Crippen LogP contribution is 2.33. The molecule has 6 nitrogen and oxygen atoms in total. The van der Waals surface area contributed by atoms with Crippen molar-refractivity contribution in [2.45, 2.75) is 44.4 Å². The number of nitrogens with zero attached hydrogens (tertiary/aromatic N) is 2. The van der Waals surface area contributed by atoms with Gasteiger partial charge in [0.2, 0.25) is 0 Å². The largest absolute Gasteiger partial charge is 0.494 e. The van der Waals surface area contributed by atoms with Gasteiger partial charge >= 0.3 is 5.97 Å². The van der Waals surface area contributed by atoms with Crippen molar-refractivity contribution in [2.75, 3.05) is 19.0 Å². The number of benzene rings is 1. The molecule has 32 heavy (non-hydrogen) atoms. The molecule has 4 rings (SSSR count). The number of ether oxygens (including phenoxy) is 1. The van der Waals surface area contributed by atoms with Crippen molar-refractivity contribution >= 4 is 23.1 Å². The molecule has 0 bridgehead atoms. The number of carboxylic acid groups (broad SMARTS) is 1. The molecule has 0 radical (unpaired) electrons. The molecule has 1 aliphatic heterocycles. The highest BCUT2D eigenvalue weighted by atomic mass is 32.1. The summed E-state index contributed by atoms with van der Waals surface area (Å²) in [7, 11) is 1.40. The molecule has 168 valence electrons. The molecule has 0 amide bonds. The lowest BCUT2D eigenvalue weighted by Crippen LogP contribution is -2.14. The average Bonchev–Trinajstić information content (AvgIpc) is 3.26. The Morgan fingerprint density at radius 2 is 2.09 bits per heavy atom. The van der Waals surface area contributed by atoms with Gasteiger partial charge in [-0.2, -0.15) is 0 Å². The van der Waals surface area contributed by atoms with E-state index in [1.807, 2.05) is 5.38 Å². The van der Waals surface area contributed by atoms with Crippen molar-refractivity contribution in [1.82, 2.24) is 9.97 Å². The van der Waals surface area contributed by atoms with E-state index in [4.69, 9.17) is 9.72 Å². The van der Waals surface area contributed by atoms with E-state index >= 15 is 0 Å². The summed E-state index contributed by atoms with van der Waals surface area (Å²) in [5.41, 5.74) is 3.84. The maximum Gasteiger partial charge on any atom is 0.304 e. The van der Waals surface area contributed by atoms with Crippen LogP contribution < -0.4 is 10.1 Å². The van der Waals surface area contributed by atoms with Crippen molar-refractivity contribution in [3.05, 3.63) is 69.1 Å². The van der Waals surface area contributed by atoms with E-state index in [1.54, 1.807) is 6.07 Å². The van der Waals surface area contributed by atoms with Gasteiger partial charge < -0.3 is 15.2 Å². The van der Waals surface area contributed by atoms with Gasteiger partial charge in [0.25, 0.3) is 0 Å². The maximum absolute atomic E-state index is 14.2. The van der Waals surface area contributed by atoms with Crippen LogP contribution in [0.4, 0.5) is 10.2 Å². The number of aromatic nitrogens is 2. The fourth-order valence-electron chi connectivity index (χ4n) is 3.98. The Bertz CT molecular complexity index is 1100. The van der Waals surface area contributed by atoms with Crippen LogP contribution in [0, 0.1) is 5.82 Å². The van der Waals surface area contributed by atoms with Crippen LogP contribution in [0.15, 0.2) is 35.7 Å². The summed E-state index contributed by atoms with van der Waals surface area (Å²) < 4.78 is 19.2. The number of carboxylic acids is 1. The van der Waals surface area contributed by atoms with Gasteiger partial charge in [0.1, 0.15) is 10.8 Å². The van der Waals surface area contributed by atoms with Crippen LogP contribution in [0.3, 0.4) is 0 Å². The second-order valence-corrected chi connectivity index (χ2v) is 8.81. The minimum atomic E-state index is -0.949. The van der Waals surface area contributed by atoms with Crippen molar-refractivity contribution < 1.29 is 19.0 Å². The Morgan fingerprint density at radius 3 is 2.88 bits per heavy atom. The van der Waals surface area contributed by atoms with E-state index < -0.39 is 17.7 Å². The molecule has 1 aliphatic rings. The average molecular weight is 456 g/mol. The van der Waals surface area contributed by atoms with Gasteiger partial charge in [-0.25, -0.2) is 14.4 Å². The molecule has 0 saturated carbocycles. The number of pyridine rings is 1. The number of methoxy groups -OCH3 is 1. The van der Waals surface area contributed by atoms with Crippen LogP contribution >= 0.6 is 11.3 Å². The Labute approximate surface area is 190 Å². The third-order valence-corrected chi connectivity index (χ3v) is 6.65. The Balaban J connectivity index is 1.42. The molecule has 3 aromatic rings. The van der Waals surface area contributed by atoms with Gasteiger partial charge in [0, 0.05) is 23.5 Å². The second-order valence-electron chi connectivity index (χ2n) is 7.92. The number of fused-ring (bicyclic) bond motifs is 1. The lowest BCUT2D eigenvalue weighted by molar-refractivity contribution is -0.137. The minimum Gasteiger partial charge on any atom is -0.494 e. The Morgan fingerprint density at radius 1 is 1.25 bits per heavy atom. The Hall–Kier alpha value is -3.00. The van der Waals surface area contributed by atoms with E-state index in [0.29, 0.717) is 10.6 Å². The molecule has 3 heterocycles. The highest BCUT2D eigenvalue weighted by Gasteiger charge is 2.23. The van der Waals surface area contributed by atoms with Crippen molar-refractivity contribution in [3.8, 4) is 5.75 Å². The zero-order valence-corrected chi connectivity index (χ0v) is 18.8. The first-order valence-electron chi connectivity index (χ1n) is 10.8. The van der Waals surface area contributed by atoms with Crippen LogP contribution in [0.25, 0.3) is 0 Å². The summed E-state index contributed by atoms with van der Waals surface area (Å²) >= 11 is 1.42. The van der Waals surface area contributed by atoms with Gasteiger partial charge in [-0.1, -0.05) is 12.1 Å². The zero-order chi connectivity index (χ0) is 22.5. The molecule has 1 aromatic carbocycles. The predicted molar refractivity (Wildman–Crippen MR) is 122 cm³/mol. The molecule has 8 heteroatoms. The van der Waals surface area contributed by atoms with Crippen molar-refractivity contribution in [2.24, 2.45) is 0 Å². The minimum absolute atomic E-state index is 0.133. The molecule has 0 fully saturated rings. The number of halogens is 1. The number of aryl methyl sites for hydroxylation is 3.